The summed E-state index contributed by atoms with van der Waals surface area (Å²) in [6.07, 6.45) is 3.22. The fraction of sp³-hybridized carbons (Fsp3) is 0.400. The van der Waals surface area contributed by atoms with Crippen molar-refractivity contribution in [3.63, 3.8) is 0 Å². The number of fused-ring (bicyclic) bond motifs is 1. The van der Waals surface area contributed by atoms with Gasteiger partial charge in [0.15, 0.2) is 0 Å². The van der Waals surface area contributed by atoms with E-state index < -0.39 is 0 Å². The molecule has 0 saturated heterocycles. The fourth-order valence-corrected chi connectivity index (χ4v) is 3.14. The summed E-state index contributed by atoms with van der Waals surface area (Å²) < 4.78 is 5.68. The summed E-state index contributed by atoms with van der Waals surface area (Å²) in [4.78, 5) is 0. The lowest BCUT2D eigenvalue weighted by Gasteiger charge is -2.27. The van der Waals surface area contributed by atoms with Gasteiger partial charge >= 0.3 is 0 Å². The molecule has 2 unspecified atom stereocenters. The lowest BCUT2D eigenvalue weighted by molar-refractivity contribution is 0.261. The quantitative estimate of drug-likeness (QED) is 0.851. The molecule has 1 heterocycles. The molecule has 0 saturated carbocycles. The number of nitrogens with one attached hydrogen (secondary N) is 1. The second kappa shape index (κ2) is 7.51. The Morgan fingerprint density at radius 1 is 1.22 bits per heavy atom. The van der Waals surface area contributed by atoms with Gasteiger partial charge in [-0.1, -0.05) is 30.3 Å². The average molecular weight is 311 g/mol. The van der Waals surface area contributed by atoms with Gasteiger partial charge in [-0.3, -0.25) is 0 Å². The summed E-state index contributed by atoms with van der Waals surface area (Å²) in [6, 6.07) is 16.5. The van der Waals surface area contributed by atoms with Gasteiger partial charge in [0.2, 0.25) is 0 Å². The summed E-state index contributed by atoms with van der Waals surface area (Å²) in [5.74, 6) is 1.64. The number of aryl methyl sites for hydroxylation is 1. The zero-order chi connectivity index (χ0) is 16.1. The van der Waals surface area contributed by atoms with Crippen molar-refractivity contribution in [1.29, 1.82) is 0 Å². The lowest BCUT2D eigenvalue weighted by atomic mass is 9.92. The molecule has 1 aliphatic heterocycles. The van der Waals surface area contributed by atoms with Crippen molar-refractivity contribution in [1.82, 2.24) is 5.32 Å². The van der Waals surface area contributed by atoms with Gasteiger partial charge in [0.1, 0.15) is 11.5 Å². The highest BCUT2D eigenvalue weighted by Gasteiger charge is 2.22. The van der Waals surface area contributed by atoms with E-state index in [4.69, 9.17) is 4.74 Å². The van der Waals surface area contributed by atoms with Gasteiger partial charge in [0, 0.05) is 24.1 Å². The van der Waals surface area contributed by atoms with Crippen molar-refractivity contribution in [3.05, 3.63) is 59.7 Å². The molecule has 0 amide bonds. The van der Waals surface area contributed by atoms with Crippen molar-refractivity contribution in [2.45, 2.75) is 38.1 Å². The molecule has 1 aliphatic rings. The van der Waals surface area contributed by atoms with Crippen LogP contribution in [0.5, 0.6) is 11.5 Å². The minimum atomic E-state index is 0.316. The number of rotatable bonds is 6. The first-order valence-corrected chi connectivity index (χ1v) is 8.45. The fourth-order valence-electron chi connectivity index (χ4n) is 3.14. The van der Waals surface area contributed by atoms with E-state index in [1.54, 1.807) is 6.07 Å². The Balaban J connectivity index is 1.52. The molecule has 3 rings (SSSR count). The molecule has 23 heavy (non-hydrogen) atoms. The second-order valence-electron chi connectivity index (χ2n) is 6.39. The third-order valence-electron chi connectivity index (χ3n) is 4.58. The largest absolute Gasteiger partial charge is 0.508 e. The molecule has 0 aliphatic carbocycles. The standard InChI is InChI=1S/C20H25NO2/c1-15(7-8-16-5-3-2-4-6-16)21-14-17-11-12-23-20-10-9-18(22)13-19(17)20/h2-6,9-10,13,15,17,21-22H,7-8,11-12,14H2,1H3. The highest BCUT2D eigenvalue weighted by atomic mass is 16.5. The number of hydrogen-bond acceptors (Lipinski definition) is 3. The number of ether oxygens (including phenoxy) is 1. The normalized spacial score (nSPS) is 18.0. The zero-order valence-corrected chi connectivity index (χ0v) is 13.7. The Hall–Kier alpha value is -2.00. The molecule has 0 aromatic heterocycles. The Morgan fingerprint density at radius 3 is 2.87 bits per heavy atom. The lowest BCUT2D eigenvalue weighted by Crippen LogP contribution is -2.32. The van der Waals surface area contributed by atoms with Crippen molar-refractivity contribution >= 4 is 0 Å². The van der Waals surface area contributed by atoms with Crippen LogP contribution in [-0.2, 0) is 6.42 Å². The molecule has 3 heteroatoms. The summed E-state index contributed by atoms with van der Waals surface area (Å²) >= 11 is 0. The monoisotopic (exact) mass is 311 g/mol. The topological polar surface area (TPSA) is 41.5 Å². The maximum absolute atomic E-state index is 9.72. The van der Waals surface area contributed by atoms with E-state index in [1.807, 2.05) is 12.1 Å². The van der Waals surface area contributed by atoms with Crippen LogP contribution in [0.2, 0.25) is 0 Å². The van der Waals surface area contributed by atoms with E-state index in [0.29, 0.717) is 17.7 Å². The third-order valence-corrected chi connectivity index (χ3v) is 4.58. The first kappa shape index (κ1) is 15.9. The smallest absolute Gasteiger partial charge is 0.123 e. The number of phenolic OH excluding ortho intramolecular Hbond substituents is 1. The van der Waals surface area contributed by atoms with E-state index in [2.05, 4.69) is 42.6 Å². The van der Waals surface area contributed by atoms with Crippen LogP contribution in [0.15, 0.2) is 48.5 Å². The highest BCUT2D eigenvalue weighted by molar-refractivity contribution is 5.43. The second-order valence-corrected chi connectivity index (χ2v) is 6.39. The number of phenols is 1. The first-order valence-electron chi connectivity index (χ1n) is 8.45. The Morgan fingerprint density at radius 2 is 2.04 bits per heavy atom. The molecular formula is C20H25NO2. The van der Waals surface area contributed by atoms with E-state index >= 15 is 0 Å². The van der Waals surface area contributed by atoms with Crippen LogP contribution in [0.3, 0.4) is 0 Å². The maximum atomic E-state index is 9.72. The van der Waals surface area contributed by atoms with Gasteiger partial charge < -0.3 is 15.2 Å². The Labute approximate surface area is 138 Å². The SMILES string of the molecule is CC(CCc1ccccc1)NCC1CCOc2ccc(O)cc21. The molecular weight excluding hydrogens is 286 g/mol. The predicted molar refractivity (Wildman–Crippen MR) is 93.2 cm³/mol. The maximum Gasteiger partial charge on any atom is 0.123 e. The molecule has 3 nitrogen and oxygen atoms in total. The Bertz CT molecular complexity index is 627. The molecule has 0 bridgehead atoms. The molecule has 2 aromatic carbocycles. The van der Waals surface area contributed by atoms with Crippen molar-refractivity contribution in [2.75, 3.05) is 13.2 Å². The molecule has 2 atom stereocenters. The first-order chi connectivity index (χ1) is 11.2. The summed E-state index contributed by atoms with van der Waals surface area (Å²) in [6.45, 7) is 3.92. The van der Waals surface area contributed by atoms with Crippen LogP contribution < -0.4 is 10.1 Å². The van der Waals surface area contributed by atoms with Gasteiger partial charge in [-0.2, -0.15) is 0 Å². The van der Waals surface area contributed by atoms with Gasteiger partial charge in [-0.05, 0) is 49.9 Å². The molecule has 2 aromatic rings. The average Bonchev–Trinajstić information content (AvgIpc) is 2.59. The van der Waals surface area contributed by atoms with Crippen molar-refractivity contribution in [2.24, 2.45) is 0 Å². The molecule has 0 fully saturated rings. The van der Waals surface area contributed by atoms with Crippen LogP contribution in [0.25, 0.3) is 0 Å². The summed E-state index contributed by atoms with van der Waals surface area (Å²) in [5.41, 5.74) is 2.52. The van der Waals surface area contributed by atoms with E-state index in [-0.39, 0.29) is 0 Å². The van der Waals surface area contributed by atoms with Crippen LogP contribution >= 0.6 is 0 Å². The number of benzene rings is 2. The van der Waals surface area contributed by atoms with Crippen LogP contribution in [0.1, 0.15) is 36.8 Å². The predicted octanol–water partition coefficient (Wildman–Crippen LogP) is 3.87. The van der Waals surface area contributed by atoms with Gasteiger partial charge in [-0.15, -0.1) is 0 Å². The van der Waals surface area contributed by atoms with Crippen LogP contribution in [0.4, 0.5) is 0 Å². The van der Waals surface area contributed by atoms with Gasteiger partial charge in [-0.25, -0.2) is 0 Å². The minimum Gasteiger partial charge on any atom is -0.508 e. The summed E-state index contributed by atoms with van der Waals surface area (Å²) in [7, 11) is 0. The Kier molecular flexibility index (Phi) is 5.19. The van der Waals surface area contributed by atoms with E-state index in [9.17, 15) is 5.11 Å². The number of hydrogen-bond donors (Lipinski definition) is 2. The van der Waals surface area contributed by atoms with Crippen LogP contribution in [0, 0.1) is 0 Å². The molecule has 122 valence electrons. The summed E-state index contributed by atoms with van der Waals surface area (Å²) in [5, 5.41) is 13.4. The van der Waals surface area contributed by atoms with Gasteiger partial charge in [0.05, 0.1) is 6.61 Å². The molecule has 0 spiro atoms. The third kappa shape index (κ3) is 4.26. The number of aromatic hydroxyl groups is 1. The van der Waals surface area contributed by atoms with Crippen molar-refractivity contribution < 1.29 is 9.84 Å². The van der Waals surface area contributed by atoms with E-state index in [1.165, 1.54) is 5.56 Å². The van der Waals surface area contributed by atoms with E-state index in [0.717, 1.165) is 43.7 Å². The van der Waals surface area contributed by atoms with Crippen LogP contribution in [-0.4, -0.2) is 24.3 Å². The zero-order valence-electron chi connectivity index (χ0n) is 13.7. The van der Waals surface area contributed by atoms with Crippen molar-refractivity contribution in [3.8, 4) is 11.5 Å². The van der Waals surface area contributed by atoms with Gasteiger partial charge in [0.25, 0.3) is 0 Å². The highest BCUT2D eigenvalue weighted by Crippen LogP contribution is 2.35. The minimum absolute atomic E-state index is 0.316. The molecule has 0 radical (unpaired) electrons. The molecule has 2 N–H and O–H groups in total.